The average Bonchev–Trinajstić information content (AvgIpc) is 2.37. The van der Waals surface area contributed by atoms with Gasteiger partial charge >= 0.3 is 0 Å². The SMILES string of the molecule is CC1CN(CC(O)c2cccc([N+](=O)[O-])c2)CC(C)S1. The van der Waals surface area contributed by atoms with Crippen LogP contribution in [0.1, 0.15) is 25.5 Å². The van der Waals surface area contributed by atoms with Crippen LogP contribution in [-0.4, -0.2) is 45.1 Å². The van der Waals surface area contributed by atoms with E-state index in [0.29, 0.717) is 22.6 Å². The Bertz CT molecular complexity index is 473. The van der Waals surface area contributed by atoms with E-state index in [4.69, 9.17) is 0 Å². The number of β-amino-alcohol motifs (C(OH)–C–C–N with tert-alkyl or cyclic N) is 1. The second-order valence-electron chi connectivity index (χ2n) is 5.34. The third kappa shape index (κ3) is 3.94. The summed E-state index contributed by atoms with van der Waals surface area (Å²) >= 11 is 1.96. The molecule has 1 fully saturated rings. The second-order valence-corrected chi connectivity index (χ2v) is 7.23. The minimum Gasteiger partial charge on any atom is -0.387 e. The van der Waals surface area contributed by atoms with Crippen LogP contribution in [0.25, 0.3) is 0 Å². The van der Waals surface area contributed by atoms with Crippen LogP contribution >= 0.6 is 11.8 Å². The number of thioether (sulfide) groups is 1. The number of hydrogen-bond acceptors (Lipinski definition) is 5. The van der Waals surface area contributed by atoms with Gasteiger partial charge in [-0.05, 0) is 5.56 Å². The third-order valence-electron chi connectivity index (χ3n) is 3.39. The third-order valence-corrected chi connectivity index (χ3v) is 4.62. The van der Waals surface area contributed by atoms with Crippen molar-refractivity contribution in [2.75, 3.05) is 19.6 Å². The molecule has 0 amide bonds. The van der Waals surface area contributed by atoms with Crippen molar-refractivity contribution in [3.05, 3.63) is 39.9 Å². The molecule has 1 aromatic carbocycles. The normalized spacial score (nSPS) is 25.4. The van der Waals surface area contributed by atoms with Crippen LogP contribution in [0.2, 0.25) is 0 Å². The molecule has 0 aliphatic carbocycles. The Labute approximate surface area is 123 Å². The van der Waals surface area contributed by atoms with E-state index in [2.05, 4.69) is 18.7 Å². The highest BCUT2D eigenvalue weighted by Crippen LogP contribution is 2.27. The maximum absolute atomic E-state index is 10.8. The smallest absolute Gasteiger partial charge is 0.269 e. The van der Waals surface area contributed by atoms with Gasteiger partial charge in [0.15, 0.2) is 0 Å². The van der Waals surface area contributed by atoms with E-state index < -0.39 is 11.0 Å². The standard InChI is InChI=1S/C14H20N2O3S/c1-10-7-15(8-11(2)20-10)9-14(17)12-4-3-5-13(6-12)16(18)19/h3-6,10-11,14,17H,7-9H2,1-2H3. The molecule has 0 radical (unpaired) electrons. The first-order valence-corrected chi connectivity index (χ1v) is 7.70. The highest BCUT2D eigenvalue weighted by Gasteiger charge is 2.24. The zero-order chi connectivity index (χ0) is 14.7. The Morgan fingerprint density at radius 1 is 1.45 bits per heavy atom. The molecule has 1 N–H and O–H groups in total. The van der Waals surface area contributed by atoms with Gasteiger partial charge in [0.1, 0.15) is 0 Å². The largest absolute Gasteiger partial charge is 0.387 e. The fraction of sp³-hybridized carbons (Fsp3) is 0.571. The fourth-order valence-electron chi connectivity index (χ4n) is 2.63. The van der Waals surface area contributed by atoms with Crippen LogP contribution in [-0.2, 0) is 0 Å². The van der Waals surface area contributed by atoms with Crippen molar-refractivity contribution in [3.63, 3.8) is 0 Å². The molecule has 1 aromatic rings. The summed E-state index contributed by atoms with van der Waals surface area (Å²) in [6, 6.07) is 6.26. The Balaban J connectivity index is 2.02. The van der Waals surface area contributed by atoms with E-state index >= 15 is 0 Å². The van der Waals surface area contributed by atoms with E-state index in [0.717, 1.165) is 13.1 Å². The monoisotopic (exact) mass is 296 g/mol. The summed E-state index contributed by atoms with van der Waals surface area (Å²) in [4.78, 5) is 12.6. The van der Waals surface area contributed by atoms with Gasteiger partial charge in [0, 0.05) is 42.3 Å². The van der Waals surface area contributed by atoms with Crippen molar-refractivity contribution < 1.29 is 10.0 Å². The van der Waals surface area contributed by atoms with Crippen molar-refractivity contribution in [3.8, 4) is 0 Å². The lowest BCUT2D eigenvalue weighted by atomic mass is 10.1. The molecule has 110 valence electrons. The second kappa shape index (κ2) is 6.56. The number of aliphatic hydroxyl groups is 1. The first-order chi connectivity index (χ1) is 9.45. The van der Waals surface area contributed by atoms with Crippen LogP contribution in [0, 0.1) is 10.1 Å². The summed E-state index contributed by atoms with van der Waals surface area (Å²) < 4.78 is 0. The lowest BCUT2D eigenvalue weighted by Crippen LogP contribution is -2.42. The minimum atomic E-state index is -0.683. The Hall–Kier alpha value is -1.11. The molecule has 1 saturated heterocycles. The molecule has 6 heteroatoms. The van der Waals surface area contributed by atoms with Gasteiger partial charge in [0.05, 0.1) is 11.0 Å². The number of nitro groups is 1. The zero-order valence-corrected chi connectivity index (χ0v) is 12.5. The molecule has 1 aliphatic rings. The van der Waals surface area contributed by atoms with Crippen molar-refractivity contribution >= 4 is 17.4 Å². The van der Waals surface area contributed by atoms with Gasteiger partial charge in [-0.25, -0.2) is 0 Å². The topological polar surface area (TPSA) is 66.6 Å². The van der Waals surface area contributed by atoms with Crippen LogP contribution in [0.15, 0.2) is 24.3 Å². The number of hydrogen-bond donors (Lipinski definition) is 1. The molecule has 0 bridgehead atoms. The van der Waals surface area contributed by atoms with Gasteiger partial charge in [-0.15, -0.1) is 0 Å². The first-order valence-electron chi connectivity index (χ1n) is 6.76. The van der Waals surface area contributed by atoms with Gasteiger partial charge in [0.25, 0.3) is 5.69 Å². The molecular formula is C14H20N2O3S. The van der Waals surface area contributed by atoms with E-state index in [1.54, 1.807) is 12.1 Å². The molecule has 0 saturated carbocycles. The van der Waals surface area contributed by atoms with Gasteiger partial charge in [-0.3, -0.25) is 15.0 Å². The lowest BCUT2D eigenvalue weighted by molar-refractivity contribution is -0.385. The molecule has 5 nitrogen and oxygen atoms in total. The van der Waals surface area contributed by atoms with E-state index in [9.17, 15) is 15.2 Å². The van der Waals surface area contributed by atoms with Gasteiger partial charge in [-0.2, -0.15) is 11.8 Å². The highest BCUT2D eigenvalue weighted by atomic mass is 32.2. The summed E-state index contributed by atoms with van der Waals surface area (Å²) in [6.45, 7) is 6.79. The summed E-state index contributed by atoms with van der Waals surface area (Å²) in [5.41, 5.74) is 0.634. The first kappa shape index (κ1) is 15.3. The maximum Gasteiger partial charge on any atom is 0.269 e. The predicted octanol–water partition coefficient (Wildman–Crippen LogP) is 2.45. The molecule has 0 spiro atoms. The molecule has 1 aliphatic heterocycles. The maximum atomic E-state index is 10.8. The lowest BCUT2D eigenvalue weighted by Gasteiger charge is -2.35. The van der Waals surface area contributed by atoms with Gasteiger partial charge in [0.2, 0.25) is 0 Å². The average molecular weight is 296 g/mol. The van der Waals surface area contributed by atoms with E-state index in [-0.39, 0.29) is 5.69 Å². The number of aliphatic hydroxyl groups excluding tert-OH is 1. The molecule has 2 rings (SSSR count). The number of rotatable bonds is 4. The Morgan fingerprint density at radius 2 is 2.10 bits per heavy atom. The molecule has 3 atom stereocenters. The number of benzene rings is 1. The van der Waals surface area contributed by atoms with Crippen LogP contribution in [0.3, 0.4) is 0 Å². The molecule has 3 unspecified atom stereocenters. The van der Waals surface area contributed by atoms with Gasteiger partial charge in [-0.1, -0.05) is 26.0 Å². The van der Waals surface area contributed by atoms with Crippen LogP contribution < -0.4 is 0 Å². The summed E-state index contributed by atoms with van der Waals surface area (Å²) in [6.07, 6.45) is -0.683. The number of non-ortho nitro benzene ring substituents is 1. The molecule has 0 aromatic heterocycles. The fourth-order valence-corrected chi connectivity index (χ4v) is 4.02. The highest BCUT2D eigenvalue weighted by molar-refractivity contribution is 8.00. The molecule has 20 heavy (non-hydrogen) atoms. The minimum absolute atomic E-state index is 0.0254. The van der Waals surface area contributed by atoms with Gasteiger partial charge < -0.3 is 5.11 Å². The zero-order valence-electron chi connectivity index (χ0n) is 11.7. The summed E-state index contributed by atoms with van der Waals surface area (Å²) in [5.74, 6) is 0. The van der Waals surface area contributed by atoms with Crippen molar-refractivity contribution in [2.45, 2.75) is 30.5 Å². The number of nitro benzene ring substituents is 1. The summed E-state index contributed by atoms with van der Waals surface area (Å²) in [7, 11) is 0. The Morgan fingerprint density at radius 3 is 2.70 bits per heavy atom. The summed E-state index contributed by atoms with van der Waals surface area (Å²) in [5, 5.41) is 22.1. The quantitative estimate of drug-likeness (QED) is 0.683. The molecule has 1 heterocycles. The Kier molecular flexibility index (Phi) is 5.01. The van der Waals surface area contributed by atoms with Crippen molar-refractivity contribution in [2.24, 2.45) is 0 Å². The van der Waals surface area contributed by atoms with E-state index in [1.807, 2.05) is 11.8 Å². The van der Waals surface area contributed by atoms with Crippen molar-refractivity contribution in [1.82, 2.24) is 4.90 Å². The van der Waals surface area contributed by atoms with Crippen molar-refractivity contribution in [1.29, 1.82) is 0 Å². The molecular weight excluding hydrogens is 276 g/mol. The number of nitrogens with zero attached hydrogens (tertiary/aromatic N) is 2. The van der Waals surface area contributed by atoms with Crippen LogP contribution in [0.5, 0.6) is 0 Å². The van der Waals surface area contributed by atoms with E-state index in [1.165, 1.54) is 12.1 Å². The van der Waals surface area contributed by atoms with Crippen LogP contribution in [0.4, 0.5) is 5.69 Å². The predicted molar refractivity (Wildman–Crippen MR) is 81.0 cm³/mol.